The van der Waals surface area contributed by atoms with E-state index in [0.717, 1.165) is 25.9 Å². The maximum Gasteiger partial charge on any atom is 0.290 e. The van der Waals surface area contributed by atoms with Crippen molar-refractivity contribution in [2.45, 2.75) is 25.8 Å². The van der Waals surface area contributed by atoms with Crippen molar-refractivity contribution in [3.05, 3.63) is 58.7 Å². The van der Waals surface area contributed by atoms with Crippen LogP contribution in [0.25, 0.3) is 0 Å². The largest absolute Gasteiger partial charge is 0.503 e. The van der Waals surface area contributed by atoms with Gasteiger partial charge in [-0.05, 0) is 51.1 Å². The molecule has 170 valence electrons. The van der Waals surface area contributed by atoms with Crippen molar-refractivity contribution >= 4 is 11.7 Å². The number of amides is 1. The molecule has 0 radical (unpaired) electrons. The highest BCUT2D eigenvalue weighted by molar-refractivity contribution is 6.15. The van der Waals surface area contributed by atoms with E-state index in [0.29, 0.717) is 35.9 Å². The Morgan fingerprint density at radius 1 is 1.12 bits per heavy atom. The molecule has 1 N–H and O–H groups in total. The van der Waals surface area contributed by atoms with E-state index in [9.17, 15) is 14.7 Å². The van der Waals surface area contributed by atoms with Crippen molar-refractivity contribution in [3.63, 3.8) is 0 Å². The van der Waals surface area contributed by atoms with Crippen LogP contribution in [0.4, 0.5) is 0 Å². The summed E-state index contributed by atoms with van der Waals surface area (Å²) < 4.78 is 16.5. The van der Waals surface area contributed by atoms with Gasteiger partial charge in [-0.3, -0.25) is 9.59 Å². The highest BCUT2D eigenvalue weighted by atomic mass is 16.5. The Labute approximate surface area is 187 Å². The molecule has 1 saturated heterocycles. The molecule has 0 aliphatic carbocycles. The first kappa shape index (κ1) is 22.0. The summed E-state index contributed by atoms with van der Waals surface area (Å²) in [6.07, 6.45) is 2.26. The van der Waals surface area contributed by atoms with Crippen LogP contribution in [0.1, 0.15) is 40.8 Å². The van der Waals surface area contributed by atoms with Crippen molar-refractivity contribution in [1.82, 2.24) is 9.80 Å². The quantitative estimate of drug-likeness (QED) is 0.630. The van der Waals surface area contributed by atoms with Crippen LogP contribution in [0.15, 0.2) is 46.1 Å². The van der Waals surface area contributed by atoms with Crippen LogP contribution < -0.4 is 9.47 Å². The maximum absolute atomic E-state index is 13.4. The second-order valence-corrected chi connectivity index (χ2v) is 8.03. The number of rotatable bonds is 8. The summed E-state index contributed by atoms with van der Waals surface area (Å²) in [6, 6.07) is 7.70. The Morgan fingerprint density at radius 3 is 2.50 bits per heavy atom. The van der Waals surface area contributed by atoms with Crippen LogP contribution in [0.3, 0.4) is 0 Å². The molecule has 1 aromatic carbocycles. The average Bonchev–Trinajstić information content (AvgIpc) is 3.53. The van der Waals surface area contributed by atoms with Gasteiger partial charge in [-0.25, -0.2) is 0 Å². The highest BCUT2D eigenvalue weighted by Gasteiger charge is 2.45. The molecule has 2 aliphatic heterocycles. The number of aliphatic hydroxyl groups is 1. The van der Waals surface area contributed by atoms with Gasteiger partial charge in [0.2, 0.25) is 5.78 Å². The third kappa shape index (κ3) is 3.86. The van der Waals surface area contributed by atoms with E-state index in [1.807, 2.05) is 0 Å². The zero-order valence-electron chi connectivity index (χ0n) is 18.6. The van der Waals surface area contributed by atoms with Gasteiger partial charge in [0.05, 0.1) is 25.8 Å². The zero-order valence-corrected chi connectivity index (χ0v) is 18.6. The minimum atomic E-state index is -0.826. The van der Waals surface area contributed by atoms with Crippen molar-refractivity contribution in [2.75, 3.05) is 40.4 Å². The smallest absolute Gasteiger partial charge is 0.290 e. The van der Waals surface area contributed by atoms with E-state index in [1.54, 1.807) is 37.3 Å². The Bertz CT molecular complexity index is 1050. The number of benzene rings is 1. The summed E-state index contributed by atoms with van der Waals surface area (Å²) >= 11 is 0. The first-order valence-corrected chi connectivity index (χ1v) is 10.7. The molecule has 1 atom stereocenters. The molecule has 0 saturated carbocycles. The molecule has 0 spiro atoms. The molecule has 3 heterocycles. The topological polar surface area (TPSA) is 92.5 Å². The van der Waals surface area contributed by atoms with Crippen LogP contribution in [-0.2, 0) is 4.79 Å². The first-order chi connectivity index (χ1) is 15.5. The number of hydrogen-bond acceptors (Lipinski definition) is 7. The lowest BCUT2D eigenvalue weighted by Gasteiger charge is -2.29. The molecule has 1 fully saturated rings. The summed E-state index contributed by atoms with van der Waals surface area (Å²) in [5.41, 5.74) is 0.551. The number of nitrogens with zero attached hydrogens (tertiary/aromatic N) is 2. The van der Waals surface area contributed by atoms with Crippen molar-refractivity contribution in [2.24, 2.45) is 0 Å². The van der Waals surface area contributed by atoms with E-state index in [1.165, 1.54) is 19.1 Å². The van der Waals surface area contributed by atoms with E-state index in [-0.39, 0.29) is 11.3 Å². The third-order valence-electron chi connectivity index (χ3n) is 6.10. The minimum absolute atomic E-state index is 0.0164. The monoisotopic (exact) mass is 440 g/mol. The van der Waals surface area contributed by atoms with Crippen LogP contribution in [-0.4, -0.2) is 67.0 Å². The van der Waals surface area contributed by atoms with Crippen LogP contribution in [0.5, 0.6) is 11.5 Å². The fraction of sp³-hybridized carbons (Fsp3) is 0.417. The van der Waals surface area contributed by atoms with Crippen molar-refractivity contribution < 1.29 is 28.6 Å². The predicted octanol–water partition coefficient (Wildman–Crippen LogP) is 3.28. The molecular weight excluding hydrogens is 412 g/mol. The lowest BCUT2D eigenvalue weighted by atomic mass is 9.94. The fourth-order valence-corrected chi connectivity index (χ4v) is 4.51. The van der Waals surface area contributed by atoms with Gasteiger partial charge in [0.25, 0.3) is 5.91 Å². The predicted molar refractivity (Wildman–Crippen MR) is 117 cm³/mol. The van der Waals surface area contributed by atoms with Gasteiger partial charge in [-0.2, -0.15) is 0 Å². The number of aliphatic hydroxyl groups excluding tert-OH is 1. The lowest BCUT2D eigenvalue weighted by Crippen LogP contribution is -2.38. The number of likely N-dealkylation sites (tertiary alicyclic amines) is 1. The number of methoxy groups -OCH3 is 2. The van der Waals surface area contributed by atoms with Crippen molar-refractivity contribution in [3.8, 4) is 11.5 Å². The van der Waals surface area contributed by atoms with Gasteiger partial charge in [-0.1, -0.05) is 12.1 Å². The summed E-state index contributed by atoms with van der Waals surface area (Å²) in [7, 11) is 3.03. The third-order valence-corrected chi connectivity index (χ3v) is 6.10. The second kappa shape index (κ2) is 9.08. The Balaban J connectivity index is 1.78. The van der Waals surface area contributed by atoms with E-state index >= 15 is 0 Å². The van der Waals surface area contributed by atoms with Gasteiger partial charge in [0.15, 0.2) is 23.0 Å². The maximum atomic E-state index is 13.4. The van der Waals surface area contributed by atoms with Gasteiger partial charge >= 0.3 is 0 Å². The average molecular weight is 440 g/mol. The normalized spacial score (nSPS) is 19.2. The van der Waals surface area contributed by atoms with E-state index in [4.69, 9.17) is 13.9 Å². The molecule has 32 heavy (non-hydrogen) atoms. The minimum Gasteiger partial charge on any atom is -0.503 e. The molecule has 4 rings (SSSR count). The molecule has 1 amide bonds. The van der Waals surface area contributed by atoms with Gasteiger partial charge in [0, 0.05) is 18.7 Å². The molecule has 2 aliphatic rings. The summed E-state index contributed by atoms with van der Waals surface area (Å²) in [5.74, 6) is -0.128. The number of carbonyl (C=O) groups is 2. The first-order valence-electron chi connectivity index (χ1n) is 10.7. The summed E-state index contributed by atoms with van der Waals surface area (Å²) in [6.45, 7) is 4.71. The molecule has 8 nitrogen and oxygen atoms in total. The number of carbonyl (C=O) groups excluding carboxylic acids is 2. The summed E-state index contributed by atoms with van der Waals surface area (Å²) in [5, 5.41) is 10.8. The Morgan fingerprint density at radius 2 is 1.88 bits per heavy atom. The number of ether oxygens (including phenoxy) is 2. The van der Waals surface area contributed by atoms with Gasteiger partial charge < -0.3 is 28.8 Å². The Hall–Kier alpha value is -3.26. The fourth-order valence-electron chi connectivity index (χ4n) is 4.51. The molecular formula is C24H28N2O6. The molecule has 1 unspecified atom stereocenters. The number of para-hydroxylation sites is 1. The number of ketones is 1. The SMILES string of the molecule is COc1cccc(C2C(C(=O)c3ccc(C)o3)=C(O)C(=O)N2CCN2CCCC2)c1OC. The van der Waals surface area contributed by atoms with Crippen LogP contribution in [0, 0.1) is 6.92 Å². The highest BCUT2D eigenvalue weighted by Crippen LogP contribution is 2.45. The van der Waals surface area contributed by atoms with Gasteiger partial charge in [-0.15, -0.1) is 0 Å². The summed E-state index contributed by atoms with van der Waals surface area (Å²) in [4.78, 5) is 30.3. The standard InChI is InChI=1S/C24H28N2O6/c1-15-9-10-17(32-15)21(27)19-20(16-7-6-8-18(30-2)23(16)31-3)26(24(29)22(19)28)14-13-25-11-4-5-12-25/h6-10,20,28H,4-5,11-14H2,1-3H3. The Kier molecular flexibility index (Phi) is 6.23. The number of hydrogen-bond donors (Lipinski definition) is 1. The second-order valence-electron chi connectivity index (χ2n) is 8.03. The van der Waals surface area contributed by atoms with Crippen LogP contribution in [0.2, 0.25) is 0 Å². The molecule has 1 aromatic heterocycles. The number of aryl methyl sites for hydroxylation is 1. The van der Waals surface area contributed by atoms with Gasteiger partial charge in [0.1, 0.15) is 5.76 Å². The number of furan rings is 1. The van der Waals surface area contributed by atoms with E-state index in [2.05, 4.69) is 4.90 Å². The number of Topliss-reactive ketones (excluding diaryl/α,β-unsaturated/α-hetero) is 1. The zero-order chi connectivity index (χ0) is 22.8. The van der Waals surface area contributed by atoms with Crippen LogP contribution >= 0.6 is 0 Å². The van der Waals surface area contributed by atoms with E-state index < -0.39 is 23.5 Å². The molecule has 8 heteroatoms. The lowest BCUT2D eigenvalue weighted by molar-refractivity contribution is -0.129. The van der Waals surface area contributed by atoms with Crippen molar-refractivity contribution in [1.29, 1.82) is 0 Å². The molecule has 2 aromatic rings. The molecule has 0 bridgehead atoms.